The highest BCUT2D eigenvalue weighted by atomic mass is 35.5. The van der Waals surface area contributed by atoms with E-state index >= 15 is 0 Å². The molecule has 0 aliphatic rings. The minimum atomic E-state index is -5.16. The number of amides is 2. The van der Waals surface area contributed by atoms with Gasteiger partial charge in [0, 0.05) is 10.7 Å². The van der Waals surface area contributed by atoms with Crippen molar-refractivity contribution in [3.05, 3.63) is 58.1 Å². The van der Waals surface area contributed by atoms with E-state index in [0.717, 1.165) is 18.2 Å². The van der Waals surface area contributed by atoms with Crippen LogP contribution in [0.15, 0.2) is 36.4 Å². The fraction of sp³-hybridized carbons (Fsp3) is 0.200. The number of benzene rings is 2. The highest BCUT2D eigenvalue weighted by Crippen LogP contribution is 2.38. The lowest BCUT2D eigenvalue weighted by atomic mass is 10.1. The van der Waals surface area contributed by atoms with Crippen molar-refractivity contribution >= 4 is 42.2 Å². The molecule has 0 saturated heterocycles. The number of hydrogen-bond acceptors (Lipinski definition) is 7. The van der Waals surface area contributed by atoms with Gasteiger partial charge in [-0.3, -0.25) is 14.4 Å². The molecule has 0 heterocycles. The topological polar surface area (TPSA) is 111 Å². The lowest BCUT2D eigenvalue weighted by Crippen LogP contribution is -2.37. The molecular formula is C20H13ClF6N2O7. The Morgan fingerprint density at radius 2 is 1.42 bits per heavy atom. The van der Waals surface area contributed by atoms with Crippen molar-refractivity contribution in [2.75, 3.05) is 18.8 Å². The Labute approximate surface area is 202 Å². The van der Waals surface area contributed by atoms with Crippen LogP contribution in [0.5, 0.6) is 5.75 Å². The molecule has 16 heteroatoms. The summed E-state index contributed by atoms with van der Waals surface area (Å²) in [5, 5.41) is 1.77. The first-order valence-electron chi connectivity index (χ1n) is 9.24. The number of carbonyl (C=O) groups is 4. The van der Waals surface area contributed by atoms with Gasteiger partial charge in [-0.25, -0.2) is 9.69 Å². The van der Waals surface area contributed by atoms with Gasteiger partial charge in [0.2, 0.25) is 0 Å². The molecule has 0 atom stereocenters. The predicted octanol–water partition coefficient (Wildman–Crippen LogP) is 4.69. The van der Waals surface area contributed by atoms with E-state index in [0.29, 0.717) is 4.90 Å². The second-order valence-electron chi connectivity index (χ2n) is 6.58. The van der Waals surface area contributed by atoms with E-state index in [1.165, 1.54) is 0 Å². The molecule has 2 aromatic carbocycles. The zero-order valence-electron chi connectivity index (χ0n) is 17.5. The van der Waals surface area contributed by atoms with Gasteiger partial charge < -0.3 is 19.5 Å². The van der Waals surface area contributed by atoms with E-state index in [-0.39, 0.29) is 36.2 Å². The number of anilines is 1. The lowest BCUT2D eigenvalue weighted by Gasteiger charge is -2.20. The summed E-state index contributed by atoms with van der Waals surface area (Å²) in [6, 6.07) is 3.51. The van der Waals surface area contributed by atoms with Gasteiger partial charge in [-0.2, -0.15) is 26.3 Å². The molecule has 0 saturated carbocycles. The normalized spacial score (nSPS) is 11.3. The van der Waals surface area contributed by atoms with Gasteiger partial charge >= 0.3 is 18.4 Å². The number of alkyl halides is 6. The average Bonchev–Trinajstić information content (AvgIpc) is 2.78. The summed E-state index contributed by atoms with van der Waals surface area (Å²) in [5.41, 5.74) is -4.77. The van der Waals surface area contributed by atoms with Crippen LogP contribution in [0, 0.1) is 0 Å². The quantitative estimate of drug-likeness (QED) is 0.278. The molecule has 0 radical (unpaired) electrons. The molecular weight excluding hydrogens is 530 g/mol. The van der Waals surface area contributed by atoms with E-state index in [2.05, 4.69) is 9.47 Å². The van der Waals surface area contributed by atoms with Gasteiger partial charge in [-0.05, 0) is 36.4 Å². The first-order chi connectivity index (χ1) is 16.8. The van der Waals surface area contributed by atoms with Crippen molar-refractivity contribution in [1.82, 2.24) is 4.90 Å². The standard InChI is InChI=1S/C20H13ClF6N2O7/c21-13-1-2-16(36-18(33)29(7-34-9-30)8-35-10-31)15(6-13)17(32)28-14-4-11(19(22,23)24)3-12(5-14)20(25,26)27/h1-6,9-10H,7-8H2,(H,28,32). The summed E-state index contributed by atoms with van der Waals surface area (Å²) in [5.74, 6) is -1.82. The molecule has 0 unspecified atom stereocenters. The van der Waals surface area contributed by atoms with Gasteiger partial charge in [-0.15, -0.1) is 0 Å². The summed E-state index contributed by atoms with van der Waals surface area (Å²) in [7, 11) is 0. The third-order valence-electron chi connectivity index (χ3n) is 4.08. The van der Waals surface area contributed by atoms with E-state index in [9.17, 15) is 45.5 Å². The fourth-order valence-electron chi connectivity index (χ4n) is 2.54. The Morgan fingerprint density at radius 3 is 1.89 bits per heavy atom. The third-order valence-corrected chi connectivity index (χ3v) is 4.32. The molecule has 0 bridgehead atoms. The van der Waals surface area contributed by atoms with Crippen LogP contribution in [0.3, 0.4) is 0 Å². The maximum atomic E-state index is 13.1. The number of rotatable bonds is 9. The number of carbonyl (C=O) groups excluding carboxylic acids is 4. The number of nitrogens with zero attached hydrogens (tertiary/aromatic N) is 1. The van der Waals surface area contributed by atoms with E-state index in [1.807, 2.05) is 5.32 Å². The third kappa shape index (κ3) is 7.76. The average molecular weight is 543 g/mol. The molecule has 2 aromatic rings. The van der Waals surface area contributed by atoms with Gasteiger partial charge in [0.1, 0.15) is 5.75 Å². The molecule has 2 rings (SSSR count). The van der Waals surface area contributed by atoms with Crippen LogP contribution >= 0.6 is 11.6 Å². The SMILES string of the molecule is O=COCN(COC=O)C(=O)Oc1ccc(Cl)cc1C(=O)Nc1cc(C(F)(F)F)cc(C(F)(F)F)c1. The summed E-state index contributed by atoms with van der Waals surface area (Å²) in [6.07, 6.45) is -11.6. The summed E-state index contributed by atoms with van der Waals surface area (Å²) < 4.78 is 92.2. The van der Waals surface area contributed by atoms with Crippen LogP contribution in [0.4, 0.5) is 36.8 Å². The second kappa shape index (κ2) is 11.6. The molecule has 9 nitrogen and oxygen atoms in total. The minimum Gasteiger partial charge on any atom is -0.446 e. The van der Waals surface area contributed by atoms with Crippen molar-refractivity contribution in [3.8, 4) is 5.75 Å². The number of hydrogen-bond donors (Lipinski definition) is 1. The van der Waals surface area contributed by atoms with E-state index < -0.39 is 65.9 Å². The maximum absolute atomic E-state index is 13.1. The summed E-state index contributed by atoms with van der Waals surface area (Å²) in [4.78, 5) is 46.4. The summed E-state index contributed by atoms with van der Waals surface area (Å²) in [6.45, 7) is -1.55. The molecule has 0 spiro atoms. The van der Waals surface area contributed by atoms with Crippen LogP contribution in [0.25, 0.3) is 0 Å². The zero-order chi connectivity index (χ0) is 27.1. The van der Waals surface area contributed by atoms with Crippen molar-refractivity contribution in [2.24, 2.45) is 0 Å². The van der Waals surface area contributed by atoms with E-state index in [4.69, 9.17) is 16.3 Å². The van der Waals surface area contributed by atoms with Gasteiger partial charge in [0.05, 0.1) is 16.7 Å². The zero-order valence-corrected chi connectivity index (χ0v) is 18.2. The Kier molecular flexibility index (Phi) is 9.11. The van der Waals surface area contributed by atoms with Crippen molar-refractivity contribution in [3.63, 3.8) is 0 Å². The van der Waals surface area contributed by atoms with Crippen LogP contribution in [-0.4, -0.2) is 43.3 Å². The Balaban J connectivity index is 2.38. The minimum absolute atomic E-state index is 0.0351. The fourth-order valence-corrected chi connectivity index (χ4v) is 2.71. The van der Waals surface area contributed by atoms with Gasteiger partial charge in [0.15, 0.2) is 13.5 Å². The monoisotopic (exact) mass is 542 g/mol. The van der Waals surface area contributed by atoms with Crippen molar-refractivity contribution in [1.29, 1.82) is 0 Å². The van der Waals surface area contributed by atoms with Gasteiger partial charge in [-0.1, -0.05) is 11.6 Å². The Bertz CT molecular complexity index is 1100. The number of ether oxygens (including phenoxy) is 3. The first-order valence-corrected chi connectivity index (χ1v) is 9.61. The van der Waals surface area contributed by atoms with Crippen molar-refractivity contribution in [2.45, 2.75) is 12.4 Å². The van der Waals surface area contributed by atoms with Crippen LogP contribution in [0.2, 0.25) is 5.02 Å². The van der Waals surface area contributed by atoms with Crippen molar-refractivity contribution < 1.29 is 59.7 Å². The predicted molar refractivity (Wildman–Crippen MR) is 108 cm³/mol. The maximum Gasteiger partial charge on any atom is 0.420 e. The Hall–Kier alpha value is -4.01. The smallest absolute Gasteiger partial charge is 0.420 e. The summed E-state index contributed by atoms with van der Waals surface area (Å²) >= 11 is 5.82. The molecule has 1 N–H and O–H groups in total. The lowest BCUT2D eigenvalue weighted by molar-refractivity contribution is -0.143. The second-order valence-corrected chi connectivity index (χ2v) is 7.02. The molecule has 2 amide bonds. The first kappa shape index (κ1) is 28.2. The molecule has 0 aromatic heterocycles. The van der Waals surface area contributed by atoms with Crippen LogP contribution < -0.4 is 10.1 Å². The number of halogens is 7. The number of nitrogens with one attached hydrogen (secondary N) is 1. The molecule has 194 valence electrons. The van der Waals surface area contributed by atoms with Gasteiger partial charge in [0.25, 0.3) is 18.9 Å². The van der Waals surface area contributed by atoms with Crippen LogP contribution in [0.1, 0.15) is 21.5 Å². The molecule has 36 heavy (non-hydrogen) atoms. The molecule has 0 aliphatic carbocycles. The molecule has 0 aliphatic heterocycles. The largest absolute Gasteiger partial charge is 0.446 e. The highest BCUT2D eigenvalue weighted by Gasteiger charge is 2.37. The Morgan fingerprint density at radius 1 is 0.889 bits per heavy atom. The van der Waals surface area contributed by atoms with E-state index in [1.54, 1.807) is 0 Å². The van der Waals surface area contributed by atoms with Crippen LogP contribution in [-0.2, 0) is 31.4 Å². The highest BCUT2D eigenvalue weighted by molar-refractivity contribution is 6.31. The molecule has 0 fully saturated rings.